The molecule has 0 bridgehead atoms. The molecule has 2 rings (SSSR count). The molecular weight excluding hydrogens is 260 g/mol. The molecule has 1 fully saturated rings. The van der Waals surface area contributed by atoms with E-state index in [4.69, 9.17) is 9.63 Å². The van der Waals surface area contributed by atoms with Gasteiger partial charge in [0.15, 0.2) is 5.69 Å². The van der Waals surface area contributed by atoms with Gasteiger partial charge in [-0.3, -0.25) is 9.59 Å². The smallest absolute Gasteiger partial charge is 0.305 e. The van der Waals surface area contributed by atoms with Gasteiger partial charge in [0.25, 0.3) is 5.91 Å². The van der Waals surface area contributed by atoms with E-state index in [-0.39, 0.29) is 23.4 Å². The normalized spacial score (nSPS) is 16.8. The van der Waals surface area contributed by atoms with Crippen molar-refractivity contribution in [3.8, 4) is 0 Å². The summed E-state index contributed by atoms with van der Waals surface area (Å²) < 4.78 is 5.13. The van der Waals surface area contributed by atoms with Crippen LogP contribution in [0.4, 0.5) is 0 Å². The molecule has 0 radical (unpaired) electrons. The summed E-state index contributed by atoms with van der Waals surface area (Å²) in [5.74, 6) is -0.201. The average molecular weight is 280 g/mol. The number of amides is 1. The zero-order valence-electron chi connectivity index (χ0n) is 12.0. The van der Waals surface area contributed by atoms with Crippen LogP contribution in [0.3, 0.4) is 0 Å². The Morgan fingerprint density at radius 1 is 1.50 bits per heavy atom. The number of hydrogen-bond acceptors (Lipinski definition) is 4. The van der Waals surface area contributed by atoms with Crippen LogP contribution in [0, 0.1) is 5.41 Å². The summed E-state index contributed by atoms with van der Waals surface area (Å²) in [4.78, 5) is 23.0. The molecule has 6 nitrogen and oxygen atoms in total. The maximum Gasteiger partial charge on any atom is 0.305 e. The first kappa shape index (κ1) is 14.6. The average Bonchev–Trinajstić information content (AvgIpc) is 3.04. The first-order valence-corrected chi connectivity index (χ1v) is 6.76. The Hall–Kier alpha value is -1.85. The van der Waals surface area contributed by atoms with Gasteiger partial charge in [-0.1, -0.05) is 25.9 Å². The predicted molar refractivity (Wildman–Crippen MR) is 71.4 cm³/mol. The molecule has 0 spiro atoms. The van der Waals surface area contributed by atoms with E-state index < -0.39 is 12.0 Å². The molecule has 6 heteroatoms. The lowest BCUT2D eigenvalue weighted by Crippen LogP contribution is -2.45. The predicted octanol–water partition coefficient (Wildman–Crippen LogP) is 2.17. The maximum absolute atomic E-state index is 12.1. The minimum atomic E-state index is -0.941. The first-order valence-electron chi connectivity index (χ1n) is 6.76. The molecule has 1 aliphatic carbocycles. The molecule has 1 aromatic heterocycles. The molecule has 0 aromatic carbocycles. The fraction of sp³-hybridized carbons (Fsp3) is 0.643. The van der Waals surface area contributed by atoms with Crippen molar-refractivity contribution >= 4 is 11.9 Å². The van der Waals surface area contributed by atoms with Gasteiger partial charge in [0.2, 0.25) is 0 Å². The third-order valence-electron chi connectivity index (χ3n) is 3.47. The van der Waals surface area contributed by atoms with Crippen LogP contribution in [-0.4, -0.2) is 28.2 Å². The topological polar surface area (TPSA) is 92.4 Å². The van der Waals surface area contributed by atoms with E-state index >= 15 is 0 Å². The van der Waals surface area contributed by atoms with Crippen molar-refractivity contribution in [3.63, 3.8) is 0 Å². The van der Waals surface area contributed by atoms with Crippen molar-refractivity contribution < 1.29 is 19.2 Å². The Bertz CT molecular complexity index is 511. The zero-order valence-corrected chi connectivity index (χ0v) is 12.0. The molecule has 1 aliphatic rings. The number of carbonyl (C=O) groups excluding carboxylic acids is 1. The highest BCUT2D eigenvalue weighted by Gasteiger charge is 2.31. The van der Waals surface area contributed by atoms with Gasteiger partial charge in [-0.05, 0) is 18.3 Å². The molecule has 1 unspecified atom stereocenters. The van der Waals surface area contributed by atoms with Gasteiger partial charge in [0.05, 0.1) is 6.42 Å². The van der Waals surface area contributed by atoms with Crippen LogP contribution in [0.15, 0.2) is 10.6 Å². The lowest BCUT2D eigenvalue weighted by atomic mass is 9.84. The fourth-order valence-corrected chi connectivity index (χ4v) is 1.94. The quantitative estimate of drug-likeness (QED) is 0.862. The van der Waals surface area contributed by atoms with Gasteiger partial charge in [0.1, 0.15) is 5.76 Å². The highest BCUT2D eigenvalue weighted by molar-refractivity contribution is 5.92. The van der Waals surface area contributed by atoms with E-state index in [2.05, 4.69) is 10.5 Å². The highest BCUT2D eigenvalue weighted by atomic mass is 16.5. The molecule has 20 heavy (non-hydrogen) atoms. The van der Waals surface area contributed by atoms with Crippen molar-refractivity contribution in [1.82, 2.24) is 10.5 Å². The minimum Gasteiger partial charge on any atom is -0.481 e. The van der Waals surface area contributed by atoms with Crippen molar-refractivity contribution in [2.75, 3.05) is 0 Å². The molecule has 0 aliphatic heterocycles. The number of nitrogens with zero attached hydrogens (tertiary/aromatic N) is 1. The Morgan fingerprint density at radius 3 is 2.65 bits per heavy atom. The summed E-state index contributed by atoms with van der Waals surface area (Å²) in [6.45, 7) is 5.66. The van der Waals surface area contributed by atoms with Crippen molar-refractivity contribution in [2.45, 2.75) is 52.0 Å². The van der Waals surface area contributed by atoms with Gasteiger partial charge in [-0.2, -0.15) is 0 Å². The van der Waals surface area contributed by atoms with Crippen LogP contribution in [0.25, 0.3) is 0 Å². The van der Waals surface area contributed by atoms with Crippen molar-refractivity contribution in [3.05, 3.63) is 17.5 Å². The van der Waals surface area contributed by atoms with Crippen LogP contribution in [0.2, 0.25) is 0 Å². The third kappa shape index (κ3) is 3.59. The summed E-state index contributed by atoms with van der Waals surface area (Å²) in [6, 6.07) is 1.18. The Labute approximate surface area is 117 Å². The second-order valence-corrected chi connectivity index (χ2v) is 6.38. The molecule has 110 valence electrons. The van der Waals surface area contributed by atoms with E-state index in [1.807, 2.05) is 20.8 Å². The number of carbonyl (C=O) groups is 2. The summed E-state index contributed by atoms with van der Waals surface area (Å²) >= 11 is 0. The minimum absolute atomic E-state index is 0.122. The Balaban J connectivity index is 2.04. The standard InChI is InChI=1S/C14H20N2O4/c1-14(2,3)11(7-12(17)18)15-13(19)9-6-10(20-16-9)8-4-5-8/h6,8,11H,4-5,7H2,1-3H3,(H,15,19)(H,17,18). The van der Waals surface area contributed by atoms with Crippen LogP contribution in [0.1, 0.15) is 62.2 Å². The Morgan fingerprint density at radius 2 is 2.15 bits per heavy atom. The number of aliphatic carboxylic acids is 1. The second-order valence-electron chi connectivity index (χ2n) is 6.38. The highest BCUT2D eigenvalue weighted by Crippen LogP contribution is 2.40. The summed E-state index contributed by atoms with van der Waals surface area (Å²) in [6.07, 6.45) is 2.02. The molecule has 1 aromatic rings. The molecule has 1 saturated carbocycles. The number of nitrogens with one attached hydrogen (secondary N) is 1. The SMILES string of the molecule is CC(C)(C)C(CC(=O)O)NC(=O)c1cc(C2CC2)on1. The van der Waals surface area contributed by atoms with Crippen LogP contribution >= 0.6 is 0 Å². The van der Waals surface area contributed by atoms with Crippen molar-refractivity contribution in [1.29, 1.82) is 0 Å². The van der Waals surface area contributed by atoms with Gasteiger partial charge in [-0.15, -0.1) is 0 Å². The summed E-state index contributed by atoms with van der Waals surface area (Å²) in [5.41, 5.74) is -0.136. The van der Waals surface area contributed by atoms with Crippen LogP contribution < -0.4 is 5.32 Å². The van der Waals surface area contributed by atoms with Crippen LogP contribution in [0.5, 0.6) is 0 Å². The first-order chi connectivity index (χ1) is 9.27. The zero-order chi connectivity index (χ0) is 14.9. The van der Waals surface area contributed by atoms with Gasteiger partial charge >= 0.3 is 5.97 Å². The van der Waals surface area contributed by atoms with E-state index in [9.17, 15) is 9.59 Å². The molecule has 0 saturated heterocycles. The molecule has 1 heterocycles. The van der Waals surface area contributed by atoms with E-state index in [1.54, 1.807) is 6.07 Å². The van der Waals surface area contributed by atoms with Gasteiger partial charge in [0, 0.05) is 18.0 Å². The number of carboxylic acids is 1. The monoisotopic (exact) mass is 280 g/mol. The van der Waals surface area contributed by atoms with E-state index in [0.29, 0.717) is 5.92 Å². The number of rotatable bonds is 5. The largest absolute Gasteiger partial charge is 0.481 e. The third-order valence-corrected chi connectivity index (χ3v) is 3.47. The lowest BCUT2D eigenvalue weighted by molar-refractivity contribution is -0.138. The van der Waals surface area contributed by atoms with E-state index in [0.717, 1.165) is 18.6 Å². The van der Waals surface area contributed by atoms with Crippen molar-refractivity contribution in [2.24, 2.45) is 5.41 Å². The van der Waals surface area contributed by atoms with Gasteiger partial charge in [-0.25, -0.2) is 0 Å². The van der Waals surface area contributed by atoms with E-state index in [1.165, 1.54) is 0 Å². The molecule has 1 amide bonds. The lowest BCUT2D eigenvalue weighted by Gasteiger charge is -2.29. The molecular formula is C14H20N2O4. The molecule has 2 N–H and O–H groups in total. The summed E-state index contributed by atoms with van der Waals surface area (Å²) in [7, 11) is 0. The molecule has 1 atom stereocenters. The van der Waals surface area contributed by atoms with Gasteiger partial charge < -0.3 is 14.9 Å². The number of aromatic nitrogens is 1. The summed E-state index contributed by atoms with van der Waals surface area (Å²) in [5, 5.41) is 15.4. The fourth-order valence-electron chi connectivity index (χ4n) is 1.94. The maximum atomic E-state index is 12.1. The van der Waals surface area contributed by atoms with Crippen LogP contribution in [-0.2, 0) is 4.79 Å². The Kier molecular flexibility index (Phi) is 3.83. The second kappa shape index (κ2) is 5.26. The number of hydrogen-bond donors (Lipinski definition) is 2. The number of carboxylic acid groups (broad SMARTS) is 1.